The van der Waals surface area contributed by atoms with Crippen molar-refractivity contribution >= 4 is 16.5 Å². The summed E-state index contributed by atoms with van der Waals surface area (Å²) < 4.78 is 5.49. The van der Waals surface area contributed by atoms with E-state index in [1.807, 2.05) is 0 Å². The van der Waals surface area contributed by atoms with E-state index < -0.39 is 0 Å². The van der Waals surface area contributed by atoms with Crippen LogP contribution in [0.4, 0.5) is 5.69 Å². The Balaban J connectivity index is 1.39. The maximum absolute atomic E-state index is 5.49. The largest absolute Gasteiger partial charge is 0.381 e. The van der Waals surface area contributed by atoms with Crippen molar-refractivity contribution < 1.29 is 4.74 Å². The number of nitrogens with zero attached hydrogens (tertiary/aromatic N) is 2. The molecule has 2 aliphatic rings. The third-order valence-electron chi connectivity index (χ3n) is 5.01. The van der Waals surface area contributed by atoms with E-state index >= 15 is 0 Å². The first kappa shape index (κ1) is 14.0. The quantitative estimate of drug-likeness (QED) is 0.866. The molecule has 0 spiro atoms. The number of hydrogen-bond donors (Lipinski definition) is 0. The van der Waals surface area contributed by atoms with Crippen LogP contribution in [0.1, 0.15) is 6.42 Å². The first-order valence-electron chi connectivity index (χ1n) is 8.42. The second-order valence-electron chi connectivity index (χ2n) is 6.55. The summed E-state index contributed by atoms with van der Waals surface area (Å²) in [6.07, 6.45) is 1.24. The molecule has 1 atom stereocenters. The van der Waals surface area contributed by atoms with Crippen LogP contribution in [0.25, 0.3) is 10.8 Å². The summed E-state index contributed by atoms with van der Waals surface area (Å²) in [6, 6.07) is 15.4. The third kappa shape index (κ3) is 2.96. The van der Waals surface area contributed by atoms with E-state index in [2.05, 4.69) is 52.3 Å². The SMILES string of the molecule is c1ccc2cc(N3CCN(C[C@H]4CCOC4)CC3)ccc2c1. The molecule has 2 saturated heterocycles. The summed E-state index contributed by atoms with van der Waals surface area (Å²) in [5.74, 6) is 0.757. The fourth-order valence-electron chi connectivity index (χ4n) is 3.65. The molecule has 2 aliphatic heterocycles. The lowest BCUT2D eigenvalue weighted by atomic mass is 10.1. The van der Waals surface area contributed by atoms with Crippen molar-refractivity contribution in [1.82, 2.24) is 4.90 Å². The molecule has 0 aromatic heterocycles. The van der Waals surface area contributed by atoms with Crippen LogP contribution >= 0.6 is 0 Å². The summed E-state index contributed by atoms with van der Waals surface area (Å²) in [6.45, 7) is 7.74. The van der Waals surface area contributed by atoms with Crippen molar-refractivity contribution in [3.63, 3.8) is 0 Å². The molecule has 2 heterocycles. The summed E-state index contributed by atoms with van der Waals surface area (Å²) in [5, 5.41) is 2.66. The number of fused-ring (bicyclic) bond motifs is 1. The van der Waals surface area contributed by atoms with Gasteiger partial charge in [-0.2, -0.15) is 0 Å². The molecule has 3 nitrogen and oxygen atoms in total. The minimum absolute atomic E-state index is 0.757. The minimum Gasteiger partial charge on any atom is -0.381 e. The number of rotatable bonds is 3. The summed E-state index contributed by atoms with van der Waals surface area (Å²) in [7, 11) is 0. The van der Waals surface area contributed by atoms with Crippen molar-refractivity contribution in [2.24, 2.45) is 5.92 Å². The minimum atomic E-state index is 0.757. The zero-order chi connectivity index (χ0) is 14.8. The first-order chi connectivity index (χ1) is 10.9. The monoisotopic (exact) mass is 296 g/mol. The molecule has 0 N–H and O–H groups in total. The van der Waals surface area contributed by atoms with Crippen LogP contribution < -0.4 is 4.90 Å². The van der Waals surface area contributed by atoms with Gasteiger partial charge in [-0.15, -0.1) is 0 Å². The van der Waals surface area contributed by atoms with Crippen molar-refractivity contribution in [3.05, 3.63) is 42.5 Å². The molecule has 3 heteroatoms. The highest BCUT2D eigenvalue weighted by Crippen LogP contribution is 2.23. The van der Waals surface area contributed by atoms with Crippen LogP contribution in [0.2, 0.25) is 0 Å². The highest BCUT2D eigenvalue weighted by Gasteiger charge is 2.22. The van der Waals surface area contributed by atoms with Crippen LogP contribution in [-0.4, -0.2) is 50.8 Å². The zero-order valence-corrected chi connectivity index (χ0v) is 13.1. The molecular weight excluding hydrogens is 272 g/mol. The lowest BCUT2D eigenvalue weighted by molar-refractivity contribution is 0.164. The van der Waals surface area contributed by atoms with Gasteiger partial charge in [-0.05, 0) is 35.2 Å². The summed E-state index contributed by atoms with van der Waals surface area (Å²) in [4.78, 5) is 5.13. The molecule has 22 heavy (non-hydrogen) atoms. The lowest BCUT2D eigenvalue weighted by Crippen LogP contribution is -2.47. The highest BCUT2D eigenvalue weighted by molar-refractivity contribution is 5.85. The Labute approximate surface area is 132 Å². The van der Waals surface area contributed by atoms with Gasteiger partial charge in [0.1, 0.15) is 0 Å². The molecule has 0 unspecified atom stereocenters. The van der Waals surface area contributed by atoms with Gasteiger partial charge >= 0.3 is 0 Å². The molecule has 0 radical (unpaired) electrons. The fourth-order valence-corrected chi connectivity index (χ4v) is 3.65. The van der Waals surface area contributed by atoms with Gasteiger partial charge in [0.15, 0.2) is 0 Å². The Bertz CT molecular complexity index is 628. The van der Waals surface area contributed by atoms with Gasteiger partial charge in [-0.1, -0.05) is 30.3 Å². The number of benzene rings is 2. The maximum Gasteiger partial charge on any atom is 0.0507 e. The summed E-state index contributed by atoms with van der Waals surface area (Å²) >= 11 is 0. The first-order valence-corrected chi connectivity index (χ1v) is 8.42. The van der Waals surface area contributed by atoms with Crippen molar-refractivity contribution in [3.8, 4) is 0 Å². The highest BCUT2D eigenvalue weighted by atomic mass is 16.5. The second-order valence-corrected chi connectivity index (χ2v) is 6.55. The van der Waals surface area contributed by atoms with Gasteiger partial charge in [-0.3, -0.25) is 4.90 Å². The molecule has 0 amide bonds. The van der Waals surface area contributed by atoms with Gasteiger partial charge in [0.25, 0.3) is 0 Å². The van der Waals surface area contributed by atoms with Crippen LogP contribution in [0.3, 0.4) is 0 Å². The van der Waals surface area contributed by atoms with Crippen molar-refractivity contribution in [2.45, 2.75) is 6.42 Å². The van der Waals surface area contributed by atoms with Gasteiger partial charge in [-0.25, -0.2) is 0 Å². The lowest BCUT2D eigenvalue weighted by Gasteiger charge is -2.37. The molecule has 116 valence electrons. The van der Waals surface area contributed by atoms with E-state index in [9.17, 15) is 0 Å². The smallest absolute Gasteiger partial charge is 0.0507 e. The van der Waals surface area contributed by atoms with Crippen LogP contribution in [0, 0.1) is 5.92 Å². The molecule has 4 rings (SSSR count). The number of anilines is 1. The molecular formula is C19H24N2O. The van der Waals surface area contributed by atoms with E-state index in [0.717, 1.165) is 32.2 Å². The Kier molecular flexibility index (Phi) is 4.00. The van der Waals surface area contributed by atoms with E-state index in [4.69, 9.17) is 4.74 Å². The van der Waals surface area contributed by atoms with E-state index in [0.29, 0.717) is 0 Å². The van der Waals surface area contributed by atoms with E-state index in [1.165, 1.54) is 42.5 Å². The Morgan fingerprint density at radius 3 is 2.55 bits per heavy atom. The number of hydrogen-bond acceptors (Lipinski definition) is 3. The predicted molar refractivity (Wildman–Crippen MR) is 91.5 cm³/mol. The molecule has 2 fully saturated rings. The molecule has 0 saturated carbocycles. The number of piperazine rings is 1. The van der Waals surface area contributed by atoms with E-state index in [-0.39, 0.29) is 0 Å². The van der Waals surface area contributed by atoms with Crippen LogP contribution in [0.15, 0.2) is 42.5 Å². The number of ether oxygens (including phenoxy) is 1. The van der Waals surface area contributed by atoms with Crippen LogP contribution in [0.5, 0.6) is 0 Å². The average molecular weight is 296 g/mol. The standard InChI is InChI=1S/C19H24N2O/c1-2-4-18-13-19(6-5-17(18)3-1)21-10-8-20(9-11-21)14-16-7-12-22-15-16/h1-6,13,16H,7-12,14-15H2/t16-/m1/s1. The van der Waals surface area contributed by atoms with Crippen LogP contribution in [-0.2, 0) is 4.74 Å². The zero-order valence-electron chi connectivity index (χ0n) is 13.1. The molecule has 0 bridgehead atoms. The van der Waals surface area contributed by atoms with E-state index in [1.54, 1.807) is 0 Å². The van der Waals surface area contributed by atoms with Gasteiger partial charge < -0.3 is 9.64 Å². The van der Waals surface area contributed by atoms with Crippen molar-refractivity contribution in [2.75, 3.05) is 50.8 Å². The average Bonchev–Trinajstić information content (AvgIpc) is 3.08. The summed E-state index contributed by atoms with van der Waals surface area (Å²) in [5.41, 5.74) is 1.36. The Morgan fingerprint density at radius 1 is 0.955 bits per heavy atom. The molecule has 0 aliphatic carbocycles. The van der Waals surface area contributed by atoms with Gasteiger partial charge in [0.05, 0.1) is 6.61 Å². The van der Waals surface area contributed by atoms with Gasteiger partial charge in [0.2, 0.25) is 0 Å². The third-order valence-corrected chi connectivity index (χ3v) is 5.01. The second kappa shape index (κ2) is 6.27. The normalized spacial score (nSPS) is 23.3. The van der Waals surface area contributed by atoms with Gasteiger partial charge in [0, 0.05) is 45.0 Å². The van der Waals surface area contributed by atoms with Crippen molar-refractivity contribution in [1.29, 1.82) is 0 Å². The Hall–Kier alpha value is -1.58. The Morgan fingerprint density at radius 2 is 1.77 bits per heavy atom. The molecule has 2 aromatic carbocycles. The molecule has 2 aromatic rings. The topological polar surface area (TPSA) is 15.7 Å². The fraction of sp³-hybridized carbons (Fsp3) is 0.474. The maximum atomic E-state index is 5.49. The predicted octanol–water partition coefficient (Wildman–Crippen LogP) is 3.00.